The highest BCUT2D eigenvalue weighted by atomic mass is 35.5. The van der Waals surface area contributed by atoms with Crippen LogP contribution in [0, 0.1) is 0 Å². The third-order valence-electron chi connectivity index (χ3n) is 6.06. The van der Waals surface area contributed by atoms with Gasteiger partial charge in [0.1, 0.15) is 4.21 Å². The van der Waals surface area contributed by atoms with E-state index in [9.17, 15) is 26.4 Å². The van der Waals surface area contributed by atoms with Crippen molar-refractivity contribution in [2.45, 2.75) is 48.3 Å². The third-order valence-corrected chi connectivity index (χ3v) is 9.38. The Balaban J connectivity index is 1.43. The number of benzene rings is 2. The first-order valence-corrected chi connectivity index (χ1v) is 14.2. The molecule has 0 saturated carbocycles. The van der Waals surface area contributed by atoms with E-state index in [0.717, 1.165) is 42.9 Å². The number of nitrogens with one attached hydrogen (secondary N) is 3. The number of halogens is 4. The van der Waals surface area contributed by atoms with Crippen molar-refractivity contribution in [3.05, 3.63) is 87.3 Å². The van der Waals surface area contributed by atoms with Crippen molar-refractivity contribution in [1.29, 1.82) is 0 Å². The van der Waals surface area contributed by atoms with Crippen LogP contribution < -0.4 is 15.4 Å². The van der Waals surface area contributed by atoms with Crippen molar-refractivity contribution in [2.24, 2.45) is 0 Å². The quantitative estimate of drug-likeness (QED) is 0.338. The normalized spacial score (nSPS) is 17.0. The predicted molar refractivity (Wildman–Crippen MR) is 137 cm³/mol. The van der Waals surface area contributed by atoms with Crippen LogP contribution in [0.15, 0.2) is 64.9 Å². The second-order valence-electron chi connectivity index (χ2n) is 8.74. The lowest BCUT2D eigenvalue weighted by Crippen LogP contribution is -2.48. The van der Waals surface area contributed by atoms with E-state index in [0.29, 0.717) is 21.0 Å². The molecule has 4 rings (SSSR count). The minimum Gasteiger partial charge on any atom is -0.347 e. The molecule has 3 N–H and O–H groups in total. The highest BCUT2D eigenvalue weighted by Gasteiger charge is 2.32. The van der Waals surface area contributed by atoms with Gasteiger partial charge in [0, 0.05) is 27.5 Å². The Kier molecular flexibility index (Phi) is 8.59. The van der Waals surface area contributed by atoms with Gasteiger partial charge in [0.05, 0.1) is 12.1 Å². The summed E-state index contributed by atoms with van der Waals surface area (Å²) < 4.78 is 68.0. The van der Waals surface area contributed by atoms with Crippen molar-refractivity contribution >= 4 is 38.9 Å². The van der Waals surface area contributed by atoms with Gasteiger partial charge in [-0.25, -0.2) is 13.1 Å². The van der Waals surface area contributed by atoms with Gasteiger partial charge in [0.2, 0.25) is 10.0 Å². The molecule has 2 atom stereocenters. The predicted octanol–water partition coefficient (Wildman–Crippen LogP) is 4.99. The largest absolute Gasteiger partial charge is 0.416 e. The van der Waals surface area contributed by atoms with Crippen LogP contribution in [0.2, 0.25) is 5.02 Å². The van der Waals surface area contributed by atoms with Gasteiger partial charge in [-0.3, -0.25) is 4.79 Å². The Morgan fingerprint density at radius 3 is 2.41 bits per heavy atom. The van der Waals surface area contributed by atoms with E-state index >= 15 is 0 Å². The zero-order chi connectivity index (χ0) is 26.6. The van der Waals surface area contributed by atoms with Crippen LogP contribution in [0.5, 0.6) is 0 Å². The van der Waals surface area contributed by atoms with Gasteiger partial charge in [-0.05, 0) is 79.9 Å². The Morgan fingerprint density at radius 2 is 1.78 bits per heavy atom. The summed E-state index contributed by atoms with van der Waals surface area (Å²) in [5, 5.41) is 6.56. The maximum absolute atomic E-state index is 13.2. The fourth-order valence-electron chi connectivity index (χ4n) is 4.13. The maximum atomic E-state index is 13.2. The highest BCUT2D eigenvalue weighted by Crippen LogP contribution is 2.30. The topological polar surface area (TPSA) is 87.3 Å². The number of amides is 1. The summed E-state index contributed by atoms with van der Waals surface area (Å²) in [6, 6.07) is 13.6. The molecule has 12 heteroatoms. The number of alkyl halides is 3. The Labute approximate surface area is 222 Å². The van der Waals surface area contributed by atoms with Crippen LogP contribution in [-0.4, -0.2) is 33.0 Å². The third kappa shape index (κ3) is 7.32. The molecule has 3 aromatic rings. The molecule has 0 bridgehead atoms. The maximum Gasteiger partial charge on any atom is 0.416 e. The fourth-order valence-corrected chi connectivity index (χ4v) is 6.85. The summed E-state index contributed by atoms with van der Waals surface area (Å²) in [7, 11) is -3.90. The molecule has 0 radical (unpaired) electrons. The van der Waals surface area contributed by atoms with E-state index < -0.39 is 27.8 Å². The number of carbonyl (C=O) groups excluding carboxylic acids is 1. The summed E-state index contributed by atoms with van der Waals surface area (Å²) >= 11 is 6.89. The van der Waals surface area contributed by atoms with Gasteiger partial charge in [-0.2, -0.15) is 13.2 Å². The first-order valence-electron chi connectivity index (χ1n) is 11.6. The lowest BCUT2D eigenvalue weighted by Gasteiger charge is -2.25. The zero-order valence-electron chi connectivity index (χ0n) is 19.5. The van der Waals surface area contributed by atoms with E-state index in [-0.39, 0.29) is 29.1 Å². The number of hydrogen-bond donors (Lipinski definition) is 3. The van der Waals surface area contributed by atoms with Gasteiger partial charge in [-0.1, -0.05) is 23.7 Å². The summed E-state index contributed by atoms with van der Waals surface area (Å²) in [5.74, 6) is -0.309. The van der Waals surface area contributed by atoms with Crippen LogP contribution in [0.4, 0.5) is 13.2 Å². The van der Waals surface area contributed by atoms with Crippen LogP contribution in [-0.2, 0) is 29.2 Å². The summed E-state index contributed by atoms with van der Waals surface area (Å²) in [6.45, 7) is 0.896. The smallest absolute Gasteiger partial charge is 0.347 e. The molecule has 1 amide bonds. The second-order valence-corrected chi connectivity index (χ2v) is 12.3. The number of hydrogen-bond acceptors (Lipinski definition) is 5. The van der Waals surface area contributed by atoms with E-state index in [1.165, 1.54) is 18.2 Å². The molecule has 0 aliphatic carbocycles. The van der Waals surface area contributed by atoms with E-state index in [4.69, 9.17) is 11.6 Å². The minimum atomic E-state index is -4.43. The molecule has 6 nitrogen and oxygen atoms in total. The van der Waals surface area contributed by atoms with Gasteiger partial charge in [-0.15, -0.1) is 11.3 Å². The monoisotopic (exact) mass is 571 g/mol. The Hall–Kier alpha value is -2.44. The van der Waals surface area contributed by atoms with E-state index in [1.807, 2.05) is 0 Å². The molecular formula is C25H25ClF3N3O3S2. The average Bonchev–Trinajstić information content (AvgIpc) is 3.55. The number of carbonyl (C=O) groups is 1. The number of sulfonamides is 1. The number of thiophene rings is 1. The van der Waals surface area contributed by atoms with Crippen LogP contribution in [0.1, 0.15) is 39.2 Å². The van der Waals surface area contributed by atoms with Crippen molar-refractivity contribution < 1.29 is 26.4 Å². The molecule has 1 aliphatic heterocycles. The summed E-state index contributed by atoms with van der Waals surface area (Å²) in [6.07, 6.45) is -2.56. The van der Waals surface area contributed by atoms with Gasteiger partial charge in [0.25, 0.3) is 5.91 Å². The van der Waals surface area contributed by atoms with Crippen molar-refractivity contribution in [2.75, 3.05) is 6.54 Å². The first kappa shape index (κ1) is 27.6. The molecule has 1 aromatic heterocycles. The molecule has 2 aromatic carbocycles. The van der Waals surface area contributed by atoms with Crippen LogP contribution in [0.25, 0.3) is 0 Å². The lowest BCUT2D eigenvalue weighted by atomic mass is 9.98. The SMILES string of the molecule is O=C(NCc1ccc(S(=O)(=O)NC(Cc2ccc(C(F)(F)F)cc2)C2CCCN2)s1)c1ccc(Cl)cc1. The standard InChI is InChI=1S/C25H25ClF3N3O3S2/c26-19-9-5-17(6-10-19)24(33)31-15-20-11-12-23(36-20)37(34,35)32-22(21-2-1-13-30-21)14-16-3-7-18(8-4-16)25(27,28)29/h3-12,21-22,30,32H,1-2,13-15H2,(H,31,33). The Morgan fingerprint density at radius 1 is 1.08 bits per heavy atom. The molecule has 1 aliphatic rings. The van der Waals surface area contributed by atoms with Crippen LogP contribution >= 0.6 is 22.9 Å². The van der Waals surface area contributed by atoms with Crippen molar-refractivity contribution in [1.82, 2.24) is 15.4 Å². The zero-order valence-corrected chi connectivity index (χ0v) is 21.9. The first-order chi connectivity index (χ1) is 17.5. The Bertz CT molecular complexity index is 1320. The minimum absolute atomic E-state index is 0.0960. The van der Waals surface area contributed by atoms with E-state index in [1.54, 1.807) is 30.3 Å². The molecule has 1 saturated heterocycles. The lowest BCUT2D eigenvalue weighted by molar-refractivity contribution is -0.137. The molecule has 37 heavy (non-hydrogen) atoms. The molecule has 2 heterocycles. The fraction of sp³-hybridized carbons (Fsp3) is 0.320. The van der Waals surface area contributed by atoms with Gasteiger partial charge < -0.3 is 10.6 Å². The van der Waals surface area contributed by atoms with Crippen molar-refractivity contribution in [3.63, 3.8) is 0 Å². The average molecular weight is 572 g/mol. The molecule has 198 valence electrons. The molecule has 2 unspecified atom stereocenters. The van der Waals surface area contributed by atoms with Gasteiger partial charge in [0.15, 0.2) is 0 Å². The molecule has 1 fully saturated rings. The van der Waals surface area contributed by atoms with E-state index in [2.05, 4.69) is 15.4 Å². The highest BCUT2D eigenvalue weighted by molar-refractivity contribution is 7.91. The van der Waals surface area contributed by atoms with Crippen molar-refractivity contribution in [3.8, 4) is 0 Å². The summed E-state index contributed by atoms with van der Waals surface area (Å²) in [5.41, 5.74) is 0.290. The number of rotatable bonds is 9. The second kappa shape index (κ2) is 11.5. The summed E-state index contributed by atoms with van der Waals surface area (Å²) in [4.78, 5) is 13.0. The van der Waals surface area contributed by atoms with Crippen LogP contribution in [0.3, 0.4) is 0 Å². The van der Waals surface area contributed by atoms with Gasteiger partial charge >= 0.3 is 6.18 Å². The molecule has 0 spiro atoms. The molecular weight excluding hydrogens is 547 g/mol.